The first-order valence-electron chi connectivity index (χ1n) is 9.49. The lowest BCUT2D eigenvalue weighted by Gasteiger charge is -2.18. The number of aryl methyl sites for hydroxylation is 1. The fourth-order valence-electron chi connectivity index (χ4n) is 3.29. The number of fused-ring (bicyclic) bond motifs is 1. The highest BCUT2D eigenvalue weighted by atomic mass is 35.5. The Hall–Kier alpha value is -2.83. The number of anilines is 1. The van der Waals surface area contributed by atoms with Crippen LogP contribution in [0.4, 0.5) is 10.1 Å². The highest BCUT2D eigenvalue weighted by molar-refractivity contribution is 6.11. The molecule has 0 saturated carbocycles. The average molecular weight is 430 g/mol. The lowest BCUT2D eigenvalue weighted by Crippen LogP contribution is -2.20. The van der Waals surface area contributed by atoms with E-state index in [9.17, 15) is 9.18 Å². The summed E-state index contributed by atoms with van der Waals surface area (Å²) in [5.41, 5.74) is 3.81. The molecule has 0 radical (unpaired) electrons. The minimum atomic E-state index is -0.388. The molecule has 0 aliphatic rings. The van der Waals surface area contributed by atoms with E-state index in [2.05, 4.69) is 10.3 Å². The van der Waals surface area contributed by atoms with Crippen molar-refractivity contribution >= 4 is 40.6 Å². The third kappa shape index (κ3) is 5.20. The molecule has 0 saturated heterocycles. The molecule has 1 aromatic heterocycles. The monoisotopic (exact) mass is 429 g/mol. The molecule has 2 N–H and O–H groups in total. The van der Waals surface area contributed by atoms with Crippen LogP contribution in [0.2, 0.25) is 0 Å². The zero-order chi connectivity index (χ0) is 21.0. The molecule has 0 fully saturated rings. The number of carbonyl (C=O) groups is 1. The molecule has 0 spiro atoms. The molecule has 0 bridgehead atoms. The van der Waals surface area contributed by atoms with E-state index in [0.29, 0.717) is 29.1 Å². The Morgan fingerprint density at radius 3 is 2.53 bits per heavy atom. The Balaban J connectivity index is 0.00000320. The quantitative estimate of drug-likeness (QED) is 0.494. The molecule has 2 aromatic carbocycles. The summed E-state index contributed by atoms with van der Waals surface area (Å²) < 4.78 is 18.3. The Kier molecular flexibility index (Phi) is 8.03. The zero-order valence-electron chi connectivity index (χ0n) is 17.2. The van der Waals surface area contributed by atoms with E-state index in [1.807, 2.05) is 26.0 Å². The normalized spacial score (nSPS) is 11.6. The minimum Gasteiger partial charge on any atom is -0.384 e. The van der Waals surface area contributed by atoms with Gasteiger partial charge in [-0.3, -0.25) is 9.78 Å². The van der Waals surface area contributed by atoms with Crippen LogP contribution in [0.1, 0.15) is 35.0 Å². The summed E-state index contributed by atoms with van der Waals surface area (Å²) >= 11 is 0. The average Bonchev–Trinajstić information content (AvgIpc) is 2.71. The number of halogens is 2. The van der Waals surface area contributed by atoms with E-state index in [1.165, 1.54) is 24.3 Å². The van der Waals surface area contributed by atoms with Gasteiger partial charge in [0.1, 0.15) is 5.82 Å². The van der Waals surface area contributed by atoms with Crippen LogP contribution in [0.15, 0.2) is 48.5 Å². The summed E-state index contributed by atoms with van der Waals surface area (Å²) in [6.45, 7) is 4.42. The van der Waals surface area contributed by atoms with Crippen LogP contribution < -0.4 is 5.32 Å². The molecule has 3 aromatic rings. The number of hydrogen-bond acceptors (Lipinski definition) is 4. The number of pyridine rings is 1. The molecule has 158 valence electrons. The summed E-state index contributed by atoms with van der Waals surface area (Å²) in [5.74, 6) is -0.709. The van der Waals surface area contributed by atoms with Crippen molar-refractivity contribution in [1.29, 1.82) is 5.41 Å². The van der Waals surface area contributed by atoms with Gasteiger partial charge in [0, 0.05) is 46.6 Å². The molecule has 1 atom stereocenters. The van der Waals surface area contributed by atoms with Crippen LogP contribution in [0, 0.1) is 24.1 Å². The van der Waals surface area contributed by atoms with Crippen molar-refractivity contribution in [3.05, 3.63) is 71.2 Å². The van der Waals surface area contributed by atoms with Crippen molar-refractivity contribution in [3.8, 4) is 0 Å². The molecule has 7 heteroatoms. The second-order valence-electron chi connectivity index (χ2n) is 6.98. The summed E-state index contributed by atoms with van der Waals surface area (Å²) in [4.78, 5) is 17.0. The van der Waals surface area contributed by atoms with E-state index >= 15 is 0 Å². The zero-order valence-corrected chi connectivity index (χ0v) is 18.0. The number of hydrogen-bond donors (Lipinski definition) is 2. The summed E-state index contributed by atoms with van der Waals surface area (Å²) in [6, 6.07) is 12.7. The van der Waals surface area contributed by atoms with E-state index in [4.69, 9.17) is 10.1 Å². The number of benzene rings is 2. The van der Waals surface area contributed by atoms with Gasteiger partial charge < -0.3 is 15.5 Å². The number of carbonyl (C=O) groups excluding carboxylic acids is 1. The van der Waals surface area contributed by atoms with E-state index < -0.39 is 0 Å². The standard InChI is InChI=1S/C23H24FN3O2.ClH/c1-4-15(13-29-3)22(25)20-11-14(2)26-21-12-18(9-10-19(20)21)27-23(28)16-5-7-17(24)8-6-16;/h5-12,15,25H,4,13H2,1-3H3,(H,27,28);1H/t15-;/m0./s1. The molecule has 1 heterocycles. The van der Waals surface area contributed by atoms with E-state index in [-0.39, 0.29) is 30.0 Å². The predicted octanol–water partition coefficient (Wildman–Crippen LogP) is 5.40. The van der Waals surface area contributed by atoms with Gasteiger partial charge in [-0.1, -0.05) is 13.0 Å². The van der Waals surface area contributed by atoms with Crippen LogP contribution in [0.25, 0.3) is 10.9 Å². The molecular formula is C23H25ClFN3O2. The van der Waals surface area contributed by atoms with Crippen molar-refractivity contribution in [3.63, 3.8) is 0 Å². The maximum absolute atomic E-state index is 13.1. The summed E-state index contributed by atoms with van der Waals surface area (Å²) in [7, 11) is 1.64. The Bertz CT molecular complexity index is 1050. The fourth-order valence-corrected chi connectivity index (χ4v) is 3.29. The maximum Gasteiger partial charge on any atom is 0.255 e. The molecule has 0 aliphatic carbocycles. The number of ether oxygens (including phenoxy) is 1. The van der Waals surface area contributed by atoms with Gasteiger partial charge in [0.05, 0.1) is 12.1 Å². The third-order valence-corrected chi connectivity index (χ3v) is 4.86. The van der Waals surface area contributed by atoms with Crippen molar-refractivity contribution in [2.75, 3.05) is 19.0 Å². The molecule has 30 heavy (non-hydrogen) atoms. The first-order valence-corrected chi connectivity index (χ1v) is 9.49. The Morgan fingerprint density at radius 2 is 1.90 bits per heavy atom. The Morgan fingerprint density at radius 1 is 1.20 bits per heavy atom. The Labute approximate surface area is 181 Å². The summed E-state index contributed by atoms with van der Waals surface area (Å²) in [6.07, 6.45) is 0.807. The van der Waals surface area contributed by atoms with Crippen LogP contribution in [-0.4, -0.2) is 30.3 Å². The van der Waals surface area contributed by atoms with E-state index in [1.54, 1.807) is 19.2 Å². The van der Waals surface area contributed by atoms with Gasteiger partial charge in [0.15, 0.2) is 0 Å². The molecule has 3 rings (SSSR count). The molecule has 5 nitrogen and oxygen atoms in total. The maximum atomic E-state index is 13.1. The number of nitrogens with one attached hydrogen (secondary N) is 2. The lowest BCUT2D eigenvalue weighted by atomic mass is 9.92. The number of rotatable bonds is 7. The third-order valence-electron chi connectivity index (χ3n) is 4.86. The fraction of sp³-hybridized carbons (Fsp3) is 0.261. The first-order chi connectivity index (χ1) is 13.9. The highest BCUT2D eigenvalue weighted by Gasteiger charge is 2.18. The van der Waals surface area contributed by atoms with Crippen LogP contribution in [-0.2, 0) is 4.74 Å². The van der Waals surface area contributed by atoms with Crippen molar-refractivity contribution < 1.29 is 13.9 Å². The number of amides is 1. The van der Waals surface area contributed by atoms with E-state index in [0.717, 1.165) is 23.1 Å². The SMILES string of the molecule is CC[C@@H](COC)C(=N)c1cc(C)nc2cc(NC(=O)c3ccc(F)cc3)ccc12.Cl. The van der Waals surface area contributed by atoms with Crippen LogP contribution in [0.5, 0.6) is 0 Å². The van der Waals surface area contributed by atoms with Crippen molar-refractivity contribution in [1.82, 2.24) is 4.98 Å². The number of methoxy groups -OCH3 is 1. The highest BCUT2D eigenvalue weighted by Crippen LogP contribution is 2.25. The van der Waals surface area contributed by atoms with Gasteiger partial charge in [-0.15, -0.1) is 12.4 Å². The van der Waals surface area contributed by atoms with Crippen LogP contribution in [0.3, 0.4) is 0 Å². The number of aromatic nitrogens is 1. The van der Waals surface area contributed by atoms with Gasteiger partial charge >= 0.3 is 0 Å². The van der Waals surface area contributed by atoms with Crippen LogP contribution >= 0.6 is 12.4 Å². The van der Waals surface area contributed by atoms with Gasteiger partial charge in [0.25, 0.3) is 5.91 Å². The van der Waals surface area contributed by atoms with Crippen molar-refractivity contribution in [2.24, 2.45) is 5.92 Å². The first kappa shape index (κ1) is 23.4. The van der Waals surface area contributed by atoms with Gasteiger partial charge in [-0.2, -0.15) is 0 Å². The van der Waals surface area contributed by atoms with Gasteiger partial charge in [-0.05, 0) is 55.8 Å². The second kappa shape index (κ2) is 10.3. The second-order valence-corrected chi connectivity index (χ2v) is 6.98. The molecular weight excluding hydrogens is 405 g/mol. The molecule has 0 aliphatic heterocycles. The van der Waals surface area contributed by atoms with Gasteiger partial charge in [-0.25, -0.2) is 4.39 Å². The van der Waals surface area contributed by atoms with Gasteiger partial charge in [0.2, 0.25) is 0 Å². The molecule has 0 unspecified atom stereocenters. The summed E-state index contributed by atoms with van der Waals surface area (Å²) in [5, 5.41) is 12.3. The number of nitrogens with zero attached hydrogens (tertiary/aromatic N) is 1. The van der Waals surface area contributed by atoms with Crippen molar-refractivity contribution in [2.45, 2.75) is 20.3 Å². The smallest absolute Gasteiger partial charge is 0.255 e. The lowest BCUT2D eigenvalue weighted by molar-refractivity contribution is 0.102. The minimum absolute atomic E-state index is 0. The predicted molar refractivity (Wildman–Crippen MR) is 121 cm³/mol. The largest absolute Gasteiger partial charge is 0.384 e. The molecule has 1 amide bonds. The topological polar surface area (TPSA) is 75.1 Å².